The summed E-state index contributed by atoms with van der Waals surface area (Å²) in [5.41, 5.74) is 1.53. The van der Waals surface area contributed by atoms with Crippen LogP contribution in [0.4, 0.5) is 10.5 Å². The Kier molecular flexibility index (Phi) is 7.52. The third-order valence-electron chi connectivity index (χ3n) is 5.45. The lowest BCUT2D eigenvalue weighted by Gasteiger charge is -2.22. The summed E-state index contributed by atoms with van der Waals surface area (Å²) >= 11 is 11.9. The zero-order valence-corrected chi connectivity index (χ0v) is 19.5. The highest BCUT2D eigenvalue weighted by atomic mass is 35.5. The van der Waals surface area contributed by atoms with E-state index < -0.39 is 0 Å². The van der Waals surface area contributed by atoms with Gasteiger partial charge in [-0.05, 0) is 48.9 Å². The van der Waals surface area contributed by atoms with Gasteiger partial charge in [-0.3, -0.25) is 4.79 Å². The van der Waals surface area contributed by atoms with Gasteiger partial charge in [0.05, 0.1) is 6.20 Å². The van der Waals surface area contributed by atoms with Gasteiger partial charge in [-0.15, -0.1) is 0 Å². The van der Waals surface area contributed by atoms with Gasteiger partial charge in [0.1, 0.15) is 0 Å². The summed E-state index contributed by atoms with van der Waals surface area (Å²) in [6, 6.07) is 14.2. The third-order valence-corrected chi connectivity index (χ3v) is 5.93. The smallest absolute Gasteiger partial charge is 0.321 e. The third kappa shape index (κ3) is 6.27. The van der Waals surface area contributed by atoms with Crippen LogP contribution in [0.3, 0.4) is 0 Å². The molecule has 7 nitrogen and oxygen atoms in total. The first kappa shape index (κ1) is 23.1. The summed E-state index contributed by atoms with van der Waals surface area (Å²) in [6.07, 6.45) is 3.09. The van der Waals surface area contributed by atoms with Crippen molar-refractivity contribution < 1.29 is 14.0 Å². The van der Waals surface area contributed by atoms with Crippen LogP contribution in [0.25, 0.3) is 11.3 Å². The fraction of sp³-hybridized carbons (Fsp3) is 0.292. The fourth-order valence-electron chi connectivity index (χ4n) is 3.68. The Morgan fingerprint density at radius 2 is 1.73 bits per heavy atom. The molecule has 1 fully saturated rings. The Hall–Kier alpha value is -3.03. The number of aryl methyl sites for hydroxylation is 1. The number of oxazole rings is 1. The maximum atomic E-state index is 12.8. The second-order valence-corrected chi connectivity index (χ2v) is 8.66. The molecule has 1 aromatic heterocycles. The van der Waals surface area contributed by atoms with Gasteiger partial charge >= 0.3 is 6.03 Å². The molecule has 9 heteroatoms. The summed E-state index contributed by atoms with van der Waals surface area (Å²) in [7, 11) is 0. The number of carbonyl (C=O) groups excluding carboxylic acids is 2. The average Bonchev–Trinajstić information content (AvgIpc) is 3.13. The Balaban J connectivity index is 1.26. The molecule has 0 aliphatic carbocycles. The van der Waals surface area contributed by atoms with Gasteiger partial charge in [-0.1, -0.05) is 29.3 Å². The molecule has 3 aromatic rings. The molecule has 1 saturated heterocycles. The van der Waals surface area contributed by atoms with Crippen molar-refractivity contribution in [2.24, 2.45) is 0 Å². The van der Waals surface area contributed by atoms with Crippen LogP contribution in [0.2, 0.25) is 10.0 Å². The van der Waals surface area contributed by atoms with Gasteiger partial charge in [-0.2, -0.15) is 0 Å². The number of hydrogen-bond acceptors (Lipinski definition) is 4. The summed E-state index contributed by atoms with van der Waals surface area (Å²) in [6.45, 7) is 2.16. The lowest BCUT2D eigenvalue weighted by Crippen LogP contribution is -2.39. The predicted molar refractivity (Wildman–Crippen MR) is 129 cm³/mol. The van der Waals surface area contributed by atoms with E-state index >= 15 is 0 Å². The van der Waals surface area contributed by atoms with E-state index in [1.54, 1.807) is 52.4 Å². The van der Waals surface area contributed by atoms with E-state index in [0.717, 1.165) is 5.56 Å². The Bertz CT molecular complexity index is 1120. The molecule has 0 saturated carbocycles. The minimum Gasteiger partial charge on any atom is -0.441 e. The Morgan fingerprint density at radius 1 is 0.970 bits per heavy atom. The molecular weight excluding hydrogens is 463 g/mol. The zero-order valence-electron chi connectivity index (χ0n) is 18.0. The molecular formula is C24H24Cl2N4O3. The second kappa shape index (κ2) is 10.7. The first-order chi connectivity index (χ1) is 16.0. The number of nitrogens with zero attached hydrogens (tertiary/aromatic N) is 3. The predicted octanol–water partition coefficient (Wildman–Crippen LogP) is 5.35. The normalized spacial score (nSPS) is 14.1. The molecule has 2 aromatic carbocycles. The molecule has 0 atom stereocenters. The molecule has 4 rings (SSSR count). The van der Waals surface area contributed by atoms with Crippen LogP contribution in [0.15, 0.2) is 59.1 Å². The molecule has 172 valence electrons. The Labute approximate surface area is 202 Å². The monoisotopic (exact) mass is 486 g/mol. The quantitative estimate of drug-likeness (QED) is 0.527. The van der Waals surface area contributed by atoms with E-state index in [-0.39, 0.29) is 11.9 Å². The number of nitrogens with one attached hydrogen (secondary N) is 1. The van der Waals surface area contributed by atoms with Gasteiger partial charge in [0.15, 0.2) is 11.7 Å². The number of urea groups is 1. The highest BCUT2D eigenvalue weighted by Gasteiger charge is 2.22. The van der Waals surface area contributed by atoms with Crippen molar-refractivity contribution >= 4 is 40.8 Å². The number of aromatic nitrogens is 1. The molecule has 0 radical (unpaired) electrons. The molecule has 2 heterocycles. The Morgan fingerprint density at radius 3 is 2.52 bits per heavy atom. The molecule has 1 aliphatic heterocycles. The number of rotatable bonds is 5. The van der Waals surface area contributed by atoms with Crippen LogP contribution in [-0.2, 0) is 11.2 Å². The van der Waals surface area contributed by atoms with Gasteiger partial charge in [0.2, 0.25) is 5.91 Å². The number of anilines is 1. The standard InChI is InChI=1S/C24H24Cl2N4O3/c25-18-7-5-17(6-8-18)21-16-27-22(33-21)9-10-23(31)29-11-2-12-30(14-13-29)24(32)28-20-4-1-3-19(26)15-20/h1,3-8,15-16H,2,9-14H2,(H,28,32). The SMILES string of the molecule is O=C(CCc1ncc(-c2ccc(Cl)cc2)o1)N1CCCN(C(=O)Nc2cccc(Cl)c2)CC1. The number of carbonyl (C=O) groups is 2. The fourth-order valence-corrected chi connectivity index (χ4v) is 4.00. The lowest BCUT2D eigenvalue weighted by atomic mass is 10.2. The number of benzene rings is 2. The van der Waals surface area contributed by atoms with E-state index in [4.69, 9.17) is 27.6 Å². The maximum Gasteiger partial charge on any atom is 0.321 e. The molecule has 33 heavy (non-hydrogen) atoms. The summed E-state index contributed by atoms with van der Waals surface area (Å²) in [4.78, 5) is 33.2. The van der Waals surface area contributed by atoms with Gasteiger partial charge in [-0.25, -0.2) is 9.78 Å². The van der Waals surface area contributed by atoms with E-state index in [9.17, 15) is 9.59 Å². The summed E-state index contributed by atoms with van der Waals surface area (Å²) < 4.78 is 5.79. The van der Waals surface area contributed by atoms with E-state index in [1.165, 1.54) is 0 Å². The van der Waals surface area contributed by atoms with Crippen molar-refractivity contribution in [1.29, 1.82) is 0 Å². The molecule has 3 amide bonds. The highest BCUT2D eigenvalue weighted by Crippen LogP contribution is 2.23. The first-order valence-electron chi connectivity index (χ1n) is 10.8. The molecule has 1 aliphatic rings. The molecule has 0 spiro atoms. The van der Waals surface area contributed by atoms with Gasteiger partial charge < -0.3 is 19.5 Å². The molecule has 0 unspecified atom stereocenters. The maximum absolute atomic E-state index is 12.8. The van der Waals surface area contributed by atoms with Crippen molar-refractivity contribution in [3.05, 3.63) is 70.7 Å². The minimum absolute atomic E-state index is 0.0262. The van der Waals surface area contributed by atoms with Gasteiger partial charge in [0.25, 0.3) is 0 Å². The number of halogens is 2. The van der Waals surface area contributed by atoms with Crippen LogP contribution in [0.1, 0.15) is 18.7 Å². The lowest BCUT2D eigenvalue weighted by molar-refractivity contribution is -0.131. The molecule has 0 bridgehead atoms. The van der Waals surface area contributed by atoms with Crippen LogP contribution < -0.4 is 5.32 Å². The van der Waals surface area contributed by atoms with E-state index in [1.807, 2.05) is 12.1 Å². The molecule has 1 N–H and O–H groups in total. The summed E-state index contributed by atoms with van der Waals surface area (Å²) in [5.74, 6) is 1.19. The number of hydrogen-bond donors (Lipinski definition) is 1. The van der Waals surface area contributed by atoms with E-state index in [2.05, 4.69) is 10.3 Å². The minimum atomic E-state index is -0.193. The highest BCUT2D eigenvalue weighted by molar-refractivity contribution is 6.31. The average molecular weight is 487 g/mol. The van der Waals surface area contributed by atoms with E-state index in [0.29, 0.717) is 72.8 Å². The van der Waals surface area contributed by atoms with Crippen LogP contribution >= 0.6 is 23.2 Å². The first-order valence-corrected chi connectivity index (χ1v) is 11.5. The van der Waals surface area contributed by atoms with Gasteiger partial charge in [0, 0.05) is 60.3 Å². The van der Waals surface area contributed by atoms with Crippen molar-refractivity contribution in [1.82, 2.24) is 14.8 Å². The van der Waals surface area contributed by atoms with Crippen molar-refractivity contribution in [2.75, 3.05) is 31.5 Å². The van der Waals surface area contributed by atoms with Crippen molar-refractivity contribution in [3.63, 3.8) is 0 Å². The van der Waals surface area contributed by atoms with Crippen LogP contribution in [-0.4, -0.2) is 52.9 Å². The van der Waals surface area contributed by atoms with Crippen molar-refractivity contribution in [3.8, 4) is 11.3 Å². The topological polar surface area (TPSA) is 78.7 Å². The van der Waals surface area contributed by atoms with Crippen LogP contribution in [0, 0.1) is 0 Å². The zero-order chi connectivity index (χ0) is 23.2. The van der Waals surface area contributed by atoms with Crippen LogP contribution in [0.5, 0.6) is 0 Å². The summed E-state index contributed by atoms with van der Waals surface area (Å²) in [5, 5.41) is 4.08. The number of amides is 3. The largest absolute Gasteiger partial charge is 0.441 e. The second-order valence-electron chi connectivity index (χ2n) is 7.79. The van der Waals surface area contributed by atoms with Crippen molar-refractivity contribution in [2.45, 2.75) is 19.3 Å².